The first-order chi connectivity index (χ1) is 6.69. The molecule has 1 aromatic rings. The van der Waals surface area contributed by atoms with Crippen molar-refractivity contribution in [3.8, 4) is 11.8 Å². The lowest BCUT2D eigenvalue weighted by Crippen LogP contribution is -2.15. The molecule has 0 amide bonds. The second kappa shape index (κ2) is 4.61. The van der Waals surface area contributed by atoms with E-state index in [4.69, 9.17) is 15.1 Å². The molecule has 14 heavy (non-hydrogen) atoms. The summed E-state index contributed by atoms with van der Waals surface area (Å²) in [4.78, 5) is 0. The van der Waals surface area contributed by atoms with Crippen molar-refractivity contribution in [1.82, 2.24) is 0 Å². The molecule has 4 heteroatoms. The van der Waals surface area contributed by atoms with Crippen LogP contribution in [0.25, 0.3) is 0 Å². The Hall–Kier alpha value is -1.57. The van der Waals surface area contributed by atoms with Gasteiger partial charge in [-0.05, 0) is 17.7 Å². The number of hydrogen-bond acceptors (Lipinski definition) is 4. The summed E-state index contributed by atoms with van der Waals surface area (Å²) in [6.45, 7) is 0. The molecule has 0 aliphatic carbocycles. The Morgan fingerprint density at radius 2 is 1.86 bits per heavy atom. The highest BCUT2D eigenvalue weighted by Gasteiger charge is 2.16. The first-order valence-corrected chi connectivity index (χ1v) is 4.08. The van der Waals surface area contributed by atoms with E-state index in [9.17, 15) is 5.11 Å². The Morgan fingerprint density at radius 1 is 1.29 bits per heavy atom. The molecule has 0 aromatic heterocycles. The lowest BCUT2D eigenvalue weighted by molar-refractivity contribution is 0.0527. The van der Waals surface area contributed by atoms with Crippen LogP contribution in [0.5, 0.6) is 5.75 Å². The minimum absolute atomic E-state index is 0.486. The molecule has 0 heterocycles. The van der Waals surface area contributed by atoms with Gasteiger partial charge in [-0.15, -0.1) is 0 Å². The van der Waals surface area contributed by atoms with Gasteiger partial charge in [0.25, 0.3) is 0 Å². The third-order valence-electron chi connectivity index (χ3n) is 1.89. The highest BCUT2D eigenvalue weighted by atomic mass is 16.5. The summed E-state index contributed by atoms with van der Waals surface area (Å²) in [7, 11) is 1.54. The molecule has 1 rings (SSSR count). The van der Waals surface area contributed by atoms with Gasteiger partial charge in [0.1, 0.15) is 11.9 Å². The second-order valence-electron chi connectivity index (χ2n) is 2.79. The van der Waals surface area contributed by atoms with Crippen molar-refractivity contribution in [1.29, 1.82) is 5.26 Å². The Balaban J connectivity index is 2.82. The Morgan fingerprint density at radius 3 is 2.29 bits per heavy atom. The van der Waals surface area contributed by atoms with Crippen molar-refractivity contribution in [2.24, 2.45) is 0 Å². The number of benzene rings is 1. The van der Waals surface area contributed by atoms with Crippen LogP contribution >= 0.6 is 0 Å². The zero-order chi connectivity index (χ0) is 10.6. The fourth-order valence-electron chi connectivity index (χ4n) is 1.05. The van der Waals surface area contributed by atoms with Crippen molar-refractivity contribution >= 4 is 0 Å². The first kappa shape index (κ1) is 10.5. The van der Waals surface area contributed by atoms with Gasteiger partial charge in [-0.1, -0.05) is 12.1 Å². The van der Waals surface area contributed by atoms with Crippen LogP contribution in [0.3, 0.4) is 0 Å². The van der Waals surface area contributed by atoms with Gasteiger partial charge < -0.3 is 14.9 Å². The van der Waals surface area contributed by atoms with Gasteiger partial charge in [0, 0.05) is 0 Å². The van der Waals surface area contributed by atoms with Gasteiger partial charge in [-0.2, -0.15) is 5.26 Å². The highest BCUT2D eigenvalue weighted by molar-refractivity contribution is 5.29. The topological polar surface area (TPSA) is 73.5 Å². The molecule has 74 valence electrons. The molecular formula is C10H11NO3. The molecule has 0 fully saturated rings. The van der Waals surface area contributed by atoms with Gasteiger partial charge in [0.2, 0.25) is 0 Å². The van der Waals surface area contributed by atoms with E-state index in [0.29, 0.717) is 11.3 Å². The van der Waals surface area contributed by atoms with E-state index in [1.165, 1.54) is 7.11 Å². The second-order valence-corrected chi connectivity index (χ2v) is 2.79. The third-order valence-corrected chi connectivity index (χ3v) is 1.89. The van der Waals surface area contributed by atoms with E-state index in [1.807, 2.05) is 0 Å². The molecular weight excluding hydrogens is 182 g/mol. The maximum absolute atomic E-state index is 9.44. The Labute approximate surface area is 82.0 Å². The SMILES string of the molecule is COc1ccc([C@H](O)[C@H](O)C#N)cc1. The molecule has 0 aliphatic rings. The zero-order valence-electron chi connectivity index (χ0n) is 7.71. The Kier molecular flexibility index (Phi) is 3.46. The number of ether oxygens (including phenoxy) is 1. The quantitative estimate of drug-likeness (QED) is 0.690. The van der Waals surface area contributed by atoms with Gasteiger partial charge in [0.05, 0.1) is 13.2 Å². The van der Waals surface area contributed by atoms with E-state index in [1.54, 1.807) is 30.3 Å². The molecule has 0 aliphatic heterocycles. The van der Waals surface area contributed by atoms with Gasteiger partial charge >= 0.3 is 0 Å². The number of hydrogen-bond donors (Lipinski definition) is 2. The molecule has 4 nitrogen and oxygen atoms in total. The van der Waals surface area contributed by atoms with Crippen molar-refractivity contribution < 1.29 is 14.9 Å². The van der Waals surface area contributed by atoms with Crippen molar-refractivity contribution in [2.75, 3.05) is 7.11 Å². The number of rotatable bonds is 3. The molecule has 2 N–H and O–H groups in total. The molecule has 0 unspecified atom stereocenters. The fraction of sp³-hybridized carbons (Fsp3) is 0.300. The van der Waals surface area contributed by atoms with Gasteiger partial charge in [0.15, 0.2) is 6.10 Å². The van der Waals surface area contributed by atoms with Crippen molar-refractivity contribution in [3.05, 3.63) is 29.8 Å². The van der Waals surface area contributed by atoms with E-state index in [-0.39, 0.29) is 0 Å². The molecule has 0 saturated heterocycles. The minimum Gasteiger partial charge on any atom is -0.497 e. The summed E-state index contributed by atoms with van der Waals surface area (Å²) in [5.41, 5.74) is 0.486. The summed E-state index contributed by atoms with van der Waals surface area (Å²) in [6, 6.07) is 8.08. The molecule has 2 atom stereocenters. The summed E-state index contributed by atoms with van der Waals surface area (Å²) in [6.07, 6.45) is -2.57. The standard InChI is InChI=1S/C10H11NO3/c1-14-8-4-2-7(3-5-8)10(13)9(12)6-11/h2-5,9-10,12-13H,1H3/t9-,10+/m1/s1. The smallest absolute Gasteiger partial charge is 0.170 e. The van der Waals surface area contributed by atoms with Crippen LogP contribution in [-0.2, 0) is 0 Å². The summed E-state index contributed by atoms with van der Waals surface area (Å²) < 4.78 is 4.93. The normalized spacial score (nSPS) is 14.1. The predicted molar refractivity (Wildman–Crippen MR) is 49.6 cm³/mol. The fourth-order valence-corrected chi connectivity index (χ4v) is 1.05. The minimum atomic E-state index is -1.40. The molecule has 0 spiro atoms. The maximum atomic E-state index is 9.44. The molecule has 0 saturated carbocycles. The van der Waals surface area contributed by atoms with Crippen LogP contribution in [0.15, 0.2) is 24.3 Å². The summed E-state index contributed by atoms with van der Waals surface area (Å²) in [5, 5.41) is 26.9. The third kappa shape index (κ3) is 2.22. The van der Waals surface area contributed by atoms with Crippen LogP contribution in [0.1, 0.15) is 11.7 Å². The summed E-state index contributed by atoms with van der Waals surface area (Å²) >= 11 is 0. The van der Waals surface area contributed by atoms with E-state index in [2.05, 4.69) is 0 Å². The van der Waals surface area contributed by atoms with Crippen molar-refractivity contribution in [3.63, 3.8) is 0 Å². The predicted octanol–water partition coefficient (Wildman–Crippen LogP) is 0.613. The van der Waals surface area contributed by atoms with Gasteiger partial charge in [-0.25, -0.2) is 0 Å². The van der Waals surface area contributed by atoms with Crippen LogP contribution in [0.2, 0.25) is 0 Å². The number of nitriles is 1. The number of nitrogens with zero attached hydrogens (tertiary/aromatic N) is 1. The first-order valence-electron chi connectivity index (χ1n) is 4.08. The average molecular weight is 193 g/mol. The lowest BCUT2D eigenvalue weighted by atomic mass is 10.1. The highest BCUT2D eigenvalue weighted by Crippen LogP contribution is 2.19. The largest absolute Gasteiger partial charge is 0.497 e. The van der Waals surface area contributed by atoms with E-state index in [0.717, 1.165) is 0 Å². The van der Waals surface area contributed by atoms with Crippen LogP contribution in [0.4, 0.5) is 0 Å². The number of aliphatic hydroxyl groups excluding tert-OH is 2. The van der Waals surface area contributed by atoms with Gasteiger partial charge in [-0.3, -0.25) is 0 Å². The van der Waals surface area contributed by atoms with E-state index < -0.39 is 12.2 Å². The Bertz CT molecular complexity index is 328. The van der Waals surface area contributed by atoms with Crippen LogP contribution in [0, 0.1) is 11.3 Å². The number of aliphatic hydroxyl groups is 2. The average Bonchev–Trinajstić information content (AvgIpc) is 2.27. The van der Waals surface area contributed by atoms with E-state index >= 15 is 0 Å². The van der Waals surface area contributed by atoms with Crippen LogP contribution in [-0.4, -0.2) is 23.4 Å². The van der Waals surface area contributed by atoms with Crippen LogP contribution < -0.4 is 4.74 Å². The zero-order valence-corrected chi connectivity index (χ0v) is 7.71. The molecule has 0 bridgehead atoms. The lowest BCUT2D eigenvalue weighted by Gasteiger charge is -2.11. The number of methoxy groups -OCH3 is 1. The van der Waals surface area contributed by atoms with Crippen molar-refractivity contribution in [2.45, 2.75) is 12.2 Å². The molecule has 1 aromatic carbocycles. The monoisotopic (exact) mass is 193 g/mol. The molecule has 0 radical (unpaired) electrons. The summed E-state index contributed by atoms with van der Waals surface area (Å²) in [5.74, 6) is 0.660. The maximum Gasteiger partial charge on any atom is 0.170 e.